The van der Waals surface area contributed by atoms with Gasteiger partial charge in [0.05, 0.1) is 12.1 Å². The molecule has 4 rings (SSSR count). The Hall–Kier alpha value is -1.79. The van der Waals surface area contributed by atoms with Crippen LogP contribution in [0.4, 0.5) is 4.39 Å². The normalized spacial score (nSPS) is 21.2. The summed E-state index contributed by atoms with van der Waals surface area (Å²) in [6, 6.07) is 5.96. The molecule has 0 radical (unpaired) electrons. The monoisotopic (exact) mass is 289 g/mol. The molecule has 6 heteroatoms. The van der Waals surface area contributed by atoms with E-state index in [1.807, 2.05) is 0 Å². The molecule has 2 heterocycles. The molecule has 1 saturated carbocycles. The maximum atomic E-state index is 12.9. The van der Waals surface area contributed by atoms with Gasteiger partial charge < -0.3 is 9.63 Å². The molecule has 1 aliphatic heterocycles. The molecule has 0 atom stereocenters. The van der Waals surface area contributed by atoms with E-state index in [4.69, 9.17) is 4.52 Å². The van der Waals surface area contributed by atoms with Crippen LogP contribution in [0.5, 0.6) is 0 Å². The Balaban J connectivity index is 1.40. The fourth-order valence-electron chi connectivity index (χ4n) is 2.95. The Bertz CT molecular complexity index is 645. The van der Waals surface area contributed by atoms with E-state index < -0.39 is 5.60 Å². The van der Waals surface area contributed by atoms with Crippen molar-refractivity contribution in [3.8, 4) is 11.5 Å². The van der Waals surface area contributed by atoms with Crippen molar-refractivity contribution < 1.29 is 14.0 Å². The van der Waals surface area contributed by atoms with Gasteiger partial charge in [-0.05, 0) is 43.0 Å². The van der Waals surface area contributed by atoms with Crippen molar-refractivity contribution in [2.24, 2.45) is 5.92 Å². The average molecular weight is 289 g/mol. The van der Waals surface area contributed by atoms with E-state index in [-0.39, 0.29) is 5.82 Å². The van der Waals surface area contributed by atoms with Gasteiger partial charge >= 0.3 is 0 Å². The zero-order valence-corrected chi connectivity index (χ0v) is 11.5. The molecule has 2 aliphatic rings. The standard InChI is InChI=1S/C15H16FN3O2/c16-12-5-1-10(2-6-12)14-17-13(18-21-14)7-19-8-15(20,9-19)11-3-4-11/h1-2,5-6,11,20H,3-4,7-9H2. The Morgan fingerprint density at radius 3 is 2.67 bits per heavy atom. The van der Waals surface area contributed by atoms with E-state index in [0.717, 1.165) is 12.8 Å². The summed E-state index contributed by atoms with van der Waals surface area (Å²) >= 11 is 0. The van der Waals surface area contributed by atoms with Crippen molar-refractivity contribution in [1.29, 1.82) is 0 Å². The van der Waals surface area contributed by atoms with Gasteiger partial charge in [0, 0.05) is 18.7 Å². The van der Waals surface area contributed by atoms with Crippen molar-refractivity contribution in [3.63, 3.8) is 0 Å². The number of hydrogen-bond acceptors (Lipinski definition) is 5. The predicted molar refractivity (Wildman–Crippen MR) is 72.6 cm³/mol. The van der Waals surface area contributed by atoms with E-state index in [1.165, 1.54) is 12.1 Å². The summed E-state index contributed by atoms with van der Waals surface area (Å²) in [5, 5.41) is 14.2. The minimum absolute atomic E-state index is 0.293. The molecule has 5 nitrogen and oxygen atoms in total. The first kappa shape index (κ1) is 12.9. The molecule has 21 heavy (non-hydrogen) atoms. The number of halogens is 1. The number of β-amino-alcohol motifs (C(OH)–C–C–N with tert-alkyl or cyclic N) is 1. The van der Waals surface area contributed by atoms with Crippen LogP contribution in [0.25, 0.3) is 11.5 Å². The lowest BCUT2D eigenvalue weighted by atomic mass is 9.89. The first-order valence-electron chi connectivity index (χ1n) is 7.16. The quantitative estimate of drug-likeness (QED) is 0.930. The summed E-state index contributed by atoms with van der Waals surface area (Å²) in [6.07, 6.45) is 2.28. The van der Waals surface area contributed by atoms with Gasteiger partial charge in [0.15, 0.2) is 5.82 Å². The molecular formula is C15H16FN3O2. The van der Waals surface area contributed by atoms with Gasteiger partial charge in [-0.3, -0.25) is 4.90 Å². The van der Waals surface area contributed by atoms with E-state index in [9.17, 15) is 9.50 Å². The van der Waals surface area contributed by atoms with Gasteiger partial charge in [-0.15, -0.1) is 0 Å². The molecule has 1 aromatic heterocycles. The minimum atomic E-state index is -0.497. The second-order valence-corrected chi connectivity index (χ2v) is 6.05. The molecular weight excluding hydrogens is 273 g/mol. The van der Waals surface area contributed by atoms with Crippen LogP contribution in [0.15, 0.2) is 28.8 Å². The van der Waals surface area contributed by atoms with Gasteiger partial charge in [-0.2, -0.15) is 4.98 Å². The molecule has 0 spiro atoms. The Kier molecular flexibility index (Phi) is 2.83. The van der Waals surface area contributed by atoms with Gasteiger partial charge in [-0.1, -0.05) is 5.16 Å². The fraction of sp³-hybridized carbons (Fsp3) is 0.467. The zero-order chi connectivity index (χ0) is 14.4. The summed E-state index contributed by atoms with van der Waals surface area (Å²) in [5.41, 5.74) is 0.206. The van der Waals surface area contributed by atoms with Crippen LogP contribution in [0.1, 0.15) is 18.7 Å². The minimum Gasteiger partial charge on any atom is -0.387 e. The van der Waals surface area contributed by atoms with Crippen molar-refractivity contribution >= 4 is 0 Å². The van der Waals surface area contributed by atoms with Crippen LogP contribution in [-0.2, 0) is 6.54 Å². The lowest BCUT2D eigenvalue weighted by Crippen LogP contribution is -2.62. The van der Waals surface area contributed by atoms with Gasteiger partial charge in [0.25, 0.3) is 5.89 Å². The molecule has 1 N–H and O–H groups in total. The molecule has 1 aliphatic carbocycles. The van der Waals surface area contributed by atoms with Crippen LogP contribution in [0.3, 0.4) is 0 Å². The Morgan fingerprint density at radius 1 is 1.29 bits per heavy atom. The SMILES string of the molecule is OC1(C2CC2)CN(Cc2noc(-c3ccc(F)cc3)n2)C1. The highest BCUT2D eigenvalue weighted by Crippen LogP contribution is 2.44. The van der Waals surface area contributed by atoms with Crippen molar-refractivity contribution in [2.75, 3.05) is 13.1 Å². The number of nitrogens with zero attached hydrogens (tertiary/aromatic N) is 3. The molecule has 110 valence electrons. The number of likely N-dealkylation sites (tertiary alicyclic amines) is 1. The number of hydrogen-bond donors (Lipinski definition) is 1. The van der Waals surface area contributed by atoms with Crippen LogP contribution in [-0.4, -0.2) is 38.8 Å². The van der Waals surface area contributed by atoms with E-state index in [2.05, 4.69) is 15.0 Å². The van der Waals surface area contributed by atoms with E-state index in [0.29, 0.717) is 42.8 Å². The molecule has 0 unspecified atom stereocenters. The highest BCUT2D eigenvalue weighted by Gasteiger charge is 2.51. The van der Waals surface area contributed by atoms with E-state index in [1.54, 1.807) is 12.1 Å². The van der Waals surface area contributed by atoms with Crippen molar-refractivity contribution in [3.05, 3.63) is 35.9 Å². The third-order valence-corrected chi connectivity index (χ3v) is 4.26. The highest BCUT2D eigenvalue weighted by atomic mass is 19.1. The molecule has 0 amide bonds. The summed E-state index contributed by atoms with van der Waals surface area (Å²) in [7, 11) is 0. The van der Waals surface area contributed by atoms with Crippen LogP contribution < -0.4 is 0 Å². The topological polar surface area (TPSA) is 62.4 Å². The predicted octanol–water partition coefficient (Wildman–Crippen LogP) is 1.83. The first-order valence-corrected chi connectivity index (χ1v) is 7.16. The number of benzene rings is 1. The molecule has 0 bridgehead atoms. The second kappa shape index (κ2) is 4.61. The highest BCUT2D eigenvalue weighted by molar-refractivity contribution is 5.52. The molecule has 2 aromatic rings. The Morgan fingerprint density at radius 2 is 2.00 bits per heavy atom. The lowest BCUT2D eigenvalue weighted by molar-refractivity contribution is -0.117. The maximum Gasteiger partial charge on any atom is 0.257 e. The smallest absolute Gasteiger partial charge is 0.257 e. The lowest BCUT2D eigenvalue weighted by Gasteiger charge is -2.46. The summed E-state index contributed by atoms with van der Waals surface area (Å²) in [5.74, 6) is 1.17. The first-order chi connectivity index (χ1) is 10.1. The molecule has 1 aromatic carbocycles. The largest absolute Gasteiger partial charge is 0.387 e. The van der Waals surface area contributed by atoms with Crippen LogP contribution in [0, 0.1) is 11.7 Å². The fourth-order valence-corrected chi connectivity index (χ4v) is 2.95. The molecule has 1 saturated heterocycles. The van der Waals surface area contributed by atoms with Gasteiger partial charge in [-0.25, -0.2) is 4.39 Å². The van der Waals surface area contributed by atoms with Crippen molar-refractivity contribution in [1.82, 2.24) is 15.0 Å². The maximum absolute atomic E-state index is 12.9. The second-order valence-electron chi connectivity index (χ2n) is 6.05. The average Bonchev–Trinajstić information content (AvgIpc) is 3.19. The Labute approximate surface area is 121 Å². The van der Waals surface area contributed by atoms with Gasteiger partial charge in [0.1, 0.15) is 5.82 Å². The van der Waals surface area contributed by atoms with Crippen LogP contribution in [0.2, 0.25) is 0 Å². The number of aliphatic hydroxyl groups is 1. The summed E-state index contributed by atoms with van der Waals surface area (Å²) < 4.78 is 18.1. The third kappa shape index (κ3) is 2.45. The van der Waals surface area contributed by atoms with Crippen molar-refractivity contribution in [2.45, 2.75) is 25.0 Å². The van der Waals surface area contributed by atoms with Gasteiger partial charge in [0.2, 0.25) is 0 Å². The number of rotatable bonds is 4. The number of aromatic nitrogens is 2. The molecule has 2 fully saturated rings. The summed E-state index contributed by atoms with van der Waals surface area (Å²) in [4.78, 5) is 6.43. The zero-order valence-electron chi connectivity index (χ0n) is 11.5. The third-order valence-electron chi connectivity index (χ3n) is 4.26. The summed E-state index contributed by atoms with van der Waals surface area (Å²) in [6.45, 7) is 1.93. The van der Waals surface area contributed by atoms with Crippen LogP contribution >= 0.6 is 0 Å². The van der Waals surface area contributed by atoms with E-state index >= 15 is 0 Å².